The first kappa shape index (κ1) is 9.25. The van der Waals surface area contributed by atoms with E-state index in [9.17, 15) is 0 Å². The number of nitrogens with two attached hydrogens (primary N) is 1. The second-order valence-corrected chi connectivity index (χ2v) is 2.64. The van der Waals surface area contributed by atoms with Crippen molar-refractivity contribution in [1.29, 1.82) is 0 Å². The molecule has 4 heteroatoms. The van der Waals surface area contributed by atoms with Gasteiger partial charge in [0.2, 0.25) is 0 Å². The second kappa shape index (κ2) is 3.71. The Morgan fingerprint density at radius 3 is 2.69 bits per heavy atom. The molecule has 0 aliphatic carbocycles. The Bertz CT molecular complexity index is 358. The number of hydrogen-bond acceptors (Lipinski definition) is 3. The summed E-state index contributed by atoms with van der Waals surface area (Å²) in [6.45, 7) is 5.31. The van der Waals surface area contributed by atoms with Gasteiger partial charge in [-0.25, -0.2) is 0 Å². The van der Waals surface area contributed by atoms with Crippen molar-refractivity contribution in [2.75, 3.05) is 0 Å². The van der Waals surface area contributed by atoms with Crippen molar-refractivity contribution in [3.8, 4) is 0 Å². The molecule has 0 spiro atoms. The summed E-state index contributed by atoms with van der Waals surface area (Å²) in [4.78, 5) is 3.80. The molecular formula is C9H11N3O. The molecule has 0 amide bonds. The average molecular weight is 177 g/mol. The van der Waals surface area contributed by atoms with Gasteiger partial charge in [-0.15, -0.1) is 0 Å². The van der Waals surface area contributed by atoms with Crippen LogP contribution in [0.25, 0.3) is 0 Å². The van der Waals surface area contributed by atoms with Crippen LogP contribution in [0.5, 0.6) is 0 Å². The third-order valence-electron chi connectivity index (χ3n) is 1.77. The van der Waals surface area contributed by atoms with Gasteiger partial charge in [-0.3, -0.25) is 4.99 Å². The van der Waals surface area contributed by atoms with Gasteiger partial charge in [0, 0.05) is 5.56 Å². The topological polar surface area (TPSA) is 71.0 Å². The van der Waals surface area contributed by atoms with Crippen molar-refractivity contribution in [2.24, 2.45) is 15.9 Å². The van der Waals surface area contributed by atoms with Crippen LogP contribution in [-0.4, -0.2) is 17.8 Å². The molecule has 0 saturated carbocycles. The normalized spacial score (nSPS) is 11.3. The van der Waals surface area contributed by atoms with Gasteiger partial charge in [0.15, 0.2) is 5.84 Å². The first-order chi connectivity index (χ1) is 6.19. The van der Waals surface area contributed by atoms with E-state index in [1.54, 1.807) is 18.2 Å². The van der Waals surface area contributed by atoms with E-state index in [4.69, 9.17) is 10.9 Å². The molecule has 0 saturated heterocycles. The zero-order chi connectivity index (χ0) is 9.84. The molecular weight excluding hydrogens is 166 g/mol. The van der Waals surface area contributed by atoms with Crippen LogP contribution in [0.15, 0.2) is 28.3 Å². The van der Waals surface area contributed by atoms with Crippen LogP contribution >= 0.6 is 0 Å². The van der Waals surface area contributed by atoms with Crippen molar-refractivity contribution in [2.45, 2.75) is 6.92 Å². The maximum atomic E-state index is 8.43. The molecule has 0 aliphatic rings. The van der Waals surface area contributed by atoms with Crippen molar-refractivity contribution in [3.05, 3.63) is 29.3 Å². The van der Waals surface area contributed by atoms with Gasteiger partial charge in [-0.05, 0) is 37.4 Å². The minimum atomic E-state index is 0.0960. The maximum absolute atomic E-state index is 8.43. The van der Waals surface area contributed by atoms with E-state index in [1.807, 2.05) is 6.92 Å². The molecule has 13 heavy (non-hydrogen) atoms. The number of amidine groups is 1. The van der Waals surface area contributed by atoms with Crippen LogP contribution in [0.4, 0.5) is 5.69 Å². The monoisotopic (exact) mass is 177 g/mol. The molecule has 0 heterocycles. The highest BCUT2D eigenvalue weighted by Crippen LogP contribution is 2.18. The summed E-state index contributed by atoms with van der Waals surface area (Å²) >= 11 is 0. The summed E-state index contributed by atoms with van der Waals surface area (Å²) in [6, 6.07) is 5.29. The molecule has 0 unspecified atom stereocenters. The number of benzene rings is 1. The van der Waals surface area contributed by atoms with Crippen LogP contribution in [0.3, 0.4) is 0 Å². The number of aliphatic imine (C=N–C) groups is 1. The molecule has 1 aromatic rings. The molecule has 68 valence electrons. The SMILES string of the molecule is C=Nc1ccc(C(N)=NO)cc1C. The van der Waals surface area contributed by atoms with Crippen LogP contribution in [0, 0.1) is 6.92 Å². The number of rotatable bonds is 2. The fraction of sp³-hybridized carbons (Fsp3) is 0.111. The molecule has 1 rings (SSSR count). The van der Waals surface area contributed by atoms with E-state index < -0.39 is 0 Å². The Balaban J connectivity index is 3.17. The smallest absolute Gasteiger partial charge is 0.170 e. The van der Waals surface area contributed by atoms with Gasteiger partial charge in [-0.1, -0.05) is 5.16 Å². The minimum absolute atomic E-state index is 0.0960. The van der Waals surface area contributed by atoms with Crippen LogP contribution in [-0.2, 0) is 0 Å². The van der Waals surface area contributed by atoms with Crippen LogP contribution in [0.2, 0.25) is 0 Å². The Kier molecular flexibility index (Phi) is 2.64. The predicted molar refractivity (Wildman–Crippen MR) is 52.9 cm³/mol. The van der Waals surface area contributed by atoms with E-state index in [0.717, 1.165) is 11.3 Å². The Hall–Kier alpha value is -1.84. The highest BCUT2D eigenvalue weighted by molar-refractivity contribution is 5.97. The average Bonchev–Trinajstić information content (AvgIpc) is 2.16. The number of nitrogens with zero attached hydrogens (tertiary/aromatic N) is 2. The summed E-state index contributed by atoms with van der Waals surface area (Å²) < 4.78 is 0. The first-order valence-corrected chi connectivity index (χ1v) is 3.74. The number of oxime groups is 1. The van der Waals surface area contributed by atoms with Gasteiger partial charge >= 0.3 is 0 Å². The standard InChI is InChI=1S/C9H11N3O/c1-6-5-7(9(10)12-13)3-4-8(6)11-2/h3-5,13H,2H2,1H3,(H2,10,12). The van der Waals surface area contributed by atoms with Crippen LogP contribution in [0.1, 0.15) is 11.1 Å². The number of hydrogen-bond donors (Lipinski definition) is 2. The van der Waals surface area contributed by atoms with Crippen molar-refractivity contribution < 1.29 is 5.21 Å². The van der Waals surface area contributed by atoms with E-state index >= 15 is 0 Å². The predicted octanol–water partition coefficient (Wildman–Crippen LogP) is 1.42. The highest BCUT2D eigenvalue weighted by atomic mass is 16.4. The largest absolute Gasteiger partial charge is 0.409 e. The van der Waals surface area contributed by atoms with E-state index in [1.165, 1.54) is 0 Å². The molecule has 4 nitrogen and oxygen atoms in total. The van der Waals surface area contributed by atoms with Crippen molar-refractivity contribution in [3.63, 3.8) is 0 Å². The van der Waals surface area contributed by atoms with E-state index in [0.29, 0.717) is 5.56 Å². The second-order valence-electron chi connectivity index (χ2n) is 2.64. The number of aryl methyl sites for hydroxylation is 1. The van der Waals surface area contributed by atoms with Gasteiger partial charge in [0.05, 0.1) is 5.69 Å². The lowest BCUT2D eigenvalue weighted by molar-refractivity contribution is 0.318. The zero-order valence-corrected chi connectivity index (χ0v) is 7.36. The third-order valence-corrected chi connectivity index (χ3v) is 1.77. The Morgan fingerprint density at radius 1 is 1.54 bits per heavy atom. The summed E-state index contributed by atoms with van der Waals surface area (Å²) in [5.74, 6) is 0.0960. The summed E-state index contributed by atoms with van der Waals surface area (Å²) in [5, 5.41) is 11.3. The highest BCUT2D eigenvalue weighted by Gasteiger charge is 2.01. The third kappa shape index (κ3) is 1.84. The van der Waals surface area contributed by atoms with E-state index in [-0.39, 0.29) is 5.84 Å². The fourth-order valence-electron chi connectivity index (χ4n) is 1.05. The summed E-state index contributed by atoms with van der Waals surface area (Å²) in [7, 11) is 0. The molecule has 0 atom stereocenters. The fourth-order valence-corrected chi connectivity index (χ4v) is 1.05. The van der Waals surface area contributed by atoms with Gasteiger partial charge in [-0.2, -0.15) is 0 Å². The molecule has 0 bridgehead atoms. The van der Waals surface area contributed by atoms with E-state index in [2.05, 4.69) is 16.9 Å². The molecule has 0 aromatic heterocycles. The first-order valence-electron chi connectivity index (χ1n) is 3.74. The quantitative estimate of drug-likeness (QED) is 0.310. The zero-order valence-electron chi connectivity index (χ0n) is 7.36. The molecule has 3 N–H and O–H groups in total. The Labute approximate surface area is 76.4 Å². The lowest BCUT2D eigenvalue weighted by Crippen LogP contribution is -2.12. The van der Waals surface area contributed by atoms with Gasteiger partial charge < -0.3 is 10.9 Å². The van der Waals surface area contributed by atoms with Gasteiger partial charge in [0.25, 0.3) is 0 Å². The molecule has 0 aliphatic heterocycles. The van der Waals surface area contributed by atoms with Gasteiger partial charge in [0.1, 0.15) is 0 Å². The summed E-state index contributed by atoms with van der Waals surface area (Å²) in [5.41, 5.74) is 7.83. The lowest BCUT2D eigenvalue weighted by atomic mass is 10.1. The molecule has 0 fully saturated rings. The maximum Gasteiger partial charge on any atom is 0.170 e. The van der Waals surface area contributed by atoms with Crippen molar-refractivity contribution in [1.82, 2.24) is 0 Å². The van der Waals surface area contributed by atoms with Crippen molar-refractivity contribution >= 4 is 18.2 Å². The van der Waals surface area contributed by atoms with Crippen LogP contribution < -0.4 is 5.73 Å². The Morgan fingerprint density at radius 2 is 2.23 bits per heavy atom. The summed E-state index contributed by atoms with van der Waals surface area (Å²) in [6.07, 6.45) is 0. The minimum Gasteiger partial charge on any atom is -0.409 e. The molecule has 0 radical (unpaired) electrons. The lowest BCUT2D eigenvalue weighted by Gasteiger charge is -2.02. The molecule has 1 aromatic carbocycles.